The summed E-state index contributed by atoms with van der Waals surface area (Å²) in [4.78, 5) is 14.2. The van der Waals surface area contributed by atoms with Crippen LogP contribution in [0.5, 0.6) is 0 Å². The summed E-state index contributed by atoms with van der Waals surface area (Å²) in [6, 6.07) is 2.44. The summed E-state index contributed by atoms with van der Waals surface area (Å²) in [5, 5.41) is 21.7. The number of likely N-dealkylation sites (tertiary alicyclic amines) is 1. The third kappa shape index (κ3) is 3.71. The van der Waals surface area contributed by atoms with Gasteiger partial charge in [0.05, 0.1) is 19.2 Å². The molecular weight excluding hydrogens is 254 g/mol. The fourth-order valence-corrected chi connectivity index (χ4v) is 3.40. The van der Waals surface area contributed by atoms with Crippen molar-refractivity contribution in [3.8, 4) is 6.07 Å². The van der Waals surface area contributed by atoms with E-state index in [2.05, 4.69) is 11.4 Å². The van der Waals surface area contributed by atoms with Gasteiger partial charge in [0.25, 0.3) is 0 Å². The maximum atomic E-state index is 12.2. The summed E-state index contributed by atoms with van der Waals surface area (Å²) in [5.41, 5.74) is -0.665. The molecule has 2 aliphatic rings. The number of rotatable bonds is 4. The van der Waals surface area contributed by atoms with E-state index in [1.54, 1.807) is 0 Å². The first-order valence-corrected chi connectivity index (χ1v) is 7.76. The lowest BCUT2D eigenvalue weighted by molar-refractivity contribution is -0.124. The van der Waals surface area contributed by atoms with Crippen LogP contribution < -0.4 is 5.32 Å². The Morgan fingerprint density at radius 1 is 1.30 bits per heavy atom. The molecule has 0 spiro atoms. The fourth-order valence-electron chi connectivity index (χ4n) is 3.40. The zero-order valence-corrected chi connectivity index (χ0v) is 12.1. The van der Waals surface area contributed by atoms with Crippen LogP contribution in [0.15, 0.2) is 0 Å². The summed E-state index contributed by atoms with van der Waals surface area (Å²) in [6.07, 6.45) is 7.83. The van der Waals surface area contributed by atoms with Crippen LogP contribution in [0.4, 0.5) is 0 Å². The number of aliphatic hydroxyl groups is 1. The molecule has 0 aromatic rings. The van der Waals surface area contributed by atoms with Gasteiger partial charge in [-0.1, -0.05) is 25.7 Å². The van der Waals surface area contributed by atoms with Crippen molar-refractivity contribution in [2.75, 3.05) is 19.7 Å². The lowest BCUT2D eigenvalue weighted by atomic mass is 9.92. The standard InChI is InChI=1S/C15H25N3O2/c16-12-15(7-3-1-2-4-8-15)17-14(20)10-18-9-5-6-13(18)11-19/h13,19H,1-11H2,(H,17,20)/t13-/m0/s1. The number of nitrogens with zero attached hydrogens (tertiary/aromatic N) is 2. The molecule has 2 N–H and O–H groups in total. The highest BCUT2D eigenvalue weighted by Gasteiger charge is 2.34. The summed E-state index contributed by atoms with van der Waals surface area (Å²) in [7, 11) is 0. The quantitative estimate of drug-likeness (QED) is 0.758. The van der Waals surface area contributed by atoms with Crippen LogP contribution in [0.1, 0.15) is 51.4 Å². The SMILES string of the molecule is N#CC1(NC(=O)CN2CCC[C@H]2CO)CCCCCC1. The fraction of sp³-hybridized carbons (Fsp3) is 0.867. The topological polar surface area (TPSA) is 76.4 Å². The van der Waals surface area contributed by atoms with Crippen LogP contribution in [0.3, 0.4) is 0 Å². The Morgan fingerprint density at radius 2 is 2.00 bits per heavy atom. The summed E-state index contributed by atoms with van der Waals surface area (Å²) in [6.45, 7) is 1.27. The van der Waals surface area contributed by atoms with Gasteiger partial charge in [-0.15, -0.1) is 0 Å². The second kappa shape index (κ2) is 7.05. The molecule has 1 amide bonds. The van der Waals surface area contributed by atoms with Gasteiger partial charge in [0, 0.05) is 6.04 Å². The third-order valence-corrected chi connectivity index (χ3v) is 4.61. The van der Waals surface area contributed by atoms with E-state index < -0.39 is 5.54 Å². The van der Waals surface area contributed by atoms with Gasteiger partial charge in [-0.3, -0.25) is 9.69 Å². The number of hydrogen-bond donors (Lipinski definition) is 2. The molecule has 0 bridgehead atoms. The molecule has 5 heteroatoms. The molecule has 0 aromatic carbocycles. The first kappa shape index (κ1) is 15.3. The lowest BCUT2D eigenvalue weighted by Crippen LogP contribution is -2.51. The van der Waals surface area contributed by atoms with Crippen molar-refractivity contribution >= 4 is 5.91 Å². The lowest BCUT2D eigenvalue weighted by Gasteiger charge is -2.28. The van der Waals surface area contributed by atoms with Gasteiger partial charge < -0.3 is 10.4 Å². The van der Waals surface area contributed by atoms with E-state index in [-0.39, 0.29) is 18.6 Å². The Bertz CT molecular complexity index is 370. The second-order valence-electron chi connectivity index (χ2n) is 6.11. The molecular formula is C15H25N3O2. The number of amides is 1. The minimum atomic E-state index is -0.665. The van der Waals surface area contributed by atoms with Crippen molar-refractivity contribution in [2.45, 2.75) is 62.9 Å². The van der Waals surface area contributed by atoms with Gasteiger partial charge >= 0.3 is 0 Å². The van der Waals surface area contributed by atoms with Crippen molar-refractivity contribution in [1.82, 2.24) is 10.2 Å². The molecule has 0 aromatic heterocycles. The summed E-state index contributed by atoms with van der Waals surface area (Å²) < 4.78 is 0. The van der Waals surface area contributed by atoms with Crippen molar-refractivity contribution < 1.29 is 9.90 Å². The molecule has 2 fully saturated rings. The molecule has 1 aliphatic carbocycles. The highest BCUT2D eigenvalue weighted by Crippen LogP contribution is 2.26. The third-order valence-electron chi connectivity index (χ3n) is 4.61. The van der Waals surface area contributed by atoms with E-state index in [1.807, 2.05) is 4.90 Å². The molecule has 20 heavy (non-hydrogen) atoms. The molecule has 0 radical (unpaired) electrons. The molecule has 2 rings (SSSR count). The zero-order valence-electron chi connectivity index (χ0n) is 12.1. The number of nitriles is 1. The molecule has 1 heterocycles. The average molecular weight is 279 g/mol. The number of hydrogen-bond acceptors (Lipinski definition) is 4. The molecule has 5 nitrogen and oxygen atoms in total. The van der Waals surface area contributed by atoms with Gasteiger partial charge in [0.15, 0.2) is 0 Å². The molecule has 1 saturated heterocycles. The minimum Gasteiger partial charge on any atom is -0.395 e. The van der Waals surface area contributed by atoms with Gasteiger partial charge in [0.2, 0.25) is 5.91 Å². The van der Waals surface area contributed by atoms with Gasteiger partial charge in [0.1, 0.15) is 5.54 Å². The Kier molecular flexibility index (Phi) is 5.38. The maximum absolute atomic E-state index is 12.2. The van der Waals surface area contributed by atoms with Crippen LogP contribution in [0.25, 0.3) is 0 Å². The maximum Gasteiger partial charge on any atom is 0.235 e. The number of carbonyl (C=O) groups is 1. The second-order valence-corrected chi connectivity index (χ2v) is 6.11. The largest absolute Gasteiger partial charge is 0.395 e. The number of nitrogens with one attached hydrogen (secondary N) is 1. The molecule has 1 aliphatic heterocycles. The highest BCUT2D eigenvalue weighted by molar-refractivity contribution is 5.79. The van der Waals surface area contributed by atoms with Crippen LogP contribution >= 0.6 is 0 Å². The normalized spacial score (nSPS) is 26.7. The Morgan fingerprint density at radius 3 is 2.60 bits per heavy atom. The van der Waals surface area contributed by atoms with Crippen LogP contribution in [-0.4, -0.2) is 47.2 Å². The highest BCUT2D eigenvalue weighted by atomic mass is 16.3. The molecule has 112 valence electrons. The van der Waals surface area contributed by atoms with E-state index in [1.165, 1.54) is 0 Å². The van der Waals surface area contributed by atoms with Crippen molar-refractivity contribution in [1.29, 1.82) is 5.26 Å². The Hall–Kier alpha value is -1.12. The van der Waals surface area contributed by atoms with E-state index in [0.717, 1.165) is 57.9 Å². The van der Waals surface area contributed by atoms with Crippen molar-refractivity contribution in [2.24, 2.45) is 0 Å². The molecule has 1 saturated carbocycles. The van der Waals surface area contributed by atoms with E-state index in [0.29, 0.717) is 6.54 Å². The zero-order chi connectivity index (χ0) is 14.4. The van der Waals surface area contributed by atoms with E-state index >= 15 is 0 Å². The summed E-state index contributed by atoms with van der Waals surface area (Å²) >= 11 is 0. The van der Waals surface area contributed by atoms with Crippen LogP contribution in [0.2, 0.25) is 0 Å². The van der Waals surface area contributed by atoms with E-state index in [4.69, 9.17) is 0 Å². The van der Waals surface area contributed by atoms with E-state index in [9.17, 15) is 15.2 Å². The van der Waals surface area contributed by atoms with Crippen molar-refractivity contribution in [3.63, 3.8) is 0 Å². The predicted octanol–water partition coefficient (Wildman–Crippen LogP) is 1.18. The summed E-state index contributed by atoms with van der Waals surface area (Å²) in [5.74, 6) is -0.0752. The van der Waals surface area contributed by atoms with Crippen LogP contribution in [-0.2, 0) is 4.79 Å². The number of carbonyl (C=O) groups excluding carboxylic acids is 1. The monoisotopic (exact) mass is 279 g/mol. The molecule has 0 unspecified atom stereocenters. The van der Waals surface area contributed by atoms with Gasteiger partial charge in [-0.2, -0.15) is 5.26 Å². The predicted molar refractivity (Wildman–Crippen MR) is 75.9 cm³/mol. The van der Waals surface area contributed by atoms with Gasteiger partial charge in [-0.25, -0.2) is 0 Å². The first-order valence-electron chi connectivity index (χ1n) is 7.76. The smallest absolute Gasteiger partial charge is 0.235 e. The Balaban J connectivity index is 1.90. The van der Waals surface area contributed by atoms with Crippen molar-refractivity contribution in [3.05, 3.63) is 0 Å². The first-order chi connectivity index (χ1) is 9.69. The number of aliphatic hydroxyl groups excluding tert-OH is 1. The van der Waals surface area contributed by atoms with Gasteiger partial charge in [-0.05, 0) is 32.2 Å². The Labute approximate surface area is 120 Å². The van der Waals surface area contributed by atoms with Crippen LogP contribution in [0, 0.1) is 11.3 Å². The minimum absolute atomic E-state index is 0.0752. The molecule has 1 atom stereocenters. The average Bonchev–Trinajstić information content (AvgIpc) is 2.75.